The lowest BCUT2D eigenvalue weighted by Crippen LogP contribution is -2.25. The summed E-state index contributed by atoms with van der Waals surface area (Å²) in [6.45, 7) is 0.778. The van der Waals surface area contributed by atoms with Crippen molar-refractivity contribution in [3.8, 4) is 5.75 Å². The van der Waals surface area contributed by atoms with Gasteiger partial charge in [-0.25, -0.2) is 9.97 Å². The van der Waals surface area contributed by atoms with Crippen LogP contribution < -0.4 is 15.4 Å². The topological polar surface area (TPSA) is 103 Å². The van der Waals surface area contributed by atoms with Gasteiger partial charge in [-0.3, -0.25) is 4.79 Å². The third-order valence-corrected chi connectivity index (χ3v) is 5.56. The molecule has 2 aromatic heterocycles. The van der Waals surface area contributed by atoms with Crippen molar-refractivity contribution in [2.75, 3.05) is 25.6 Å². The van der Waals surface area contributed by atoms with Crippen molar-refractivity contribution in [1.82, 2.24) is 24.8 Å². The molecule has 0 atom stereocenters. The average molecular weight is 478 g/mol. The summed E-state index contributed by atoms with van der Waals surface area (Å²) in [5, 5.41) is 5.42. The van der Waals surface area contributed by atoms with E-state index in [0.717, 1.165) is 31.7 Å². The number of nitrogens with one attached hydrogen (secondary N) is 2. The second kappa shape index (κ2) is 10.2. The number of nitrogens with zero attached hydrogens (tertiary/aromatic N) is 4. The second-order valence-corrected chi connectivity index (χ2v) is 7.98. The highest BCUT2D eigenvalue weighted by Crippen LogP contribution is 2.34. The monoisotopic (exact) mass is 478 g/mol. The van der Waals surface area contributed by atoms with Crippen LogP contribution in [-0.2, 0) is 4.74 Å². The maximum atomic E-state index is 13.1. The minimum Gasteiger partial charge on any atom is -0.404 e. The van der Waals surface area contributed by atoms with Crippen LogP contribution in [-0.4, -0.2) is 52.1 Å². The van der Waals surface area contributed by atoms with Crippen molar-refractivity contribution in [1.29, 1.82) is 0 Å². The molecule has 2 heterocycles. The van der Waals surface area contributed by atoms with Crippen LogP contribution in [0.3, 0.4) is 0 Å². The normalized spacial score (nSPS) is 14.5. The summed E-state index contributed by atoms with van der Waals surface area (Å²) < 4.78 is 50.3. The molecule has 1 aromatic carbocycles. The van der Waals surface area contributed by atoms with Gasteiger partial charge in [0.25, 0.3) is 5.91 Å². The van der Waals surface area contributed by atoms with Gasteiger partial charge in [-0.15, -0.1) is 13.2 Å². The molecule has 1 aliphatic rings. The largest absolute Gasteiger partial charge is 0.573 e. The minimum atomic E-state index is -4.95. The fourth-order valence-corrected chi connectivity index (χ4v) is 3.95. The number of halogens is 3. The molecule has 0 saturated heterocycles. The zero-order valence-corrected chi connectivity index (χ0v) is 18.6. The van der Waals surface area contributed by atoms with E-state index in [9.17, 15) is 18.0 Å². The van der Waals surface area contributed by atoms with Crippen molar-refractivity contribution in [2.45, 2.75) is 44.5 Å². The molecule has 9 nitrogen and oxygen atoms in total. The van der Waals surface area contributed by atoms with Crippen LogP contribution in [0, 0.1) is 0 Å². The van der Waals surface area contributed by atoms with E-state index in [4.69, 9.17) is 4.74 Å². The zero-order valence-electron chi connectivity index (χ0n) is 18.6. The number of aromatic nitrogens is 4. The molecule has 1 amide bonds. The molecular formula is C22H25F3N6O3. The van der Waals surface area contributed by atoms with Crippen molar-refractivity contribution in [3.63, 3.8) is 0 Å². The van der Waals surface area contributed by atoms with Crippen molar-refractivity contribution >= 4 is 28.7 Å². The molecule has 1 saturated carbocycles. The number of rotatable bonds is 9. The number of hydrogen-bond acceptors (Lipinski definition) is 7. The predicted octanol–water partition coefficient (Wildman–Crippen LogP) is 4.35. The van der Waals surface area contributed by atoms with Crippen LogP contribution >= 0.6 is 0 Å². The number of amides is 1. The number of carbonyl (C=O) groups is 1. The van der Waals surface area contributed by atoms with Crippen molar-refractivity contribution < 1.29 is 27.4 Å². The molecule has 0 radical (unpaired) electrons. The molecule has 0 bridgehead atoms. The van der Waals surface area contributed by atoms with E-state index in [2.05, 4.69) is 30.3 Å². The van der Waals surface area contributed by atoms with E-state index < -0.39 is 18.0 Å². The van der Waals surface area contributed by atoms with Gasteiger partial charge in [0.1, 0.15) is 5.52 Å². The Labute approximate surface area is 193 Å². The Morgan fingerprint density at radius 3 is 2.76 bits per heavy atom. The number of carbonyl (C=O) groups excluding carboxylic acids is 1. The molecule has 3 aromatic rings. The molecule has 0 spiro atoms. The van der Waals surface area contributed by atoms with Gasteiger partial charge in [0.05, 0.1) is 18.2 Å². The number of anilines is 2. The van der Waals surface area contributed by atoms with E-state index in [1.165, 1.54) is 25.4 Å². The molecular weight excluding hydrogens is 453 g/mol. The second-order valence-electron chi connectivity index (χ2n) is 7.98. The Balaban J connectivity index is 1.58. The third-order valence-electron chi connectivity index (χ3n) is 5.56. The molecule has 2 N–H and O–H groups in total. The fourth-order valence-electron chi connectivity index (χ4n) is 3.95. The van der Waals surface area contributed by atoms with Crippen LogP contribution in [0.15, 0.2) is 30.7 Å². The highest BCUT2D eigenvalue weighted by atomic mass is 19.4. The van der Waals surface area contributed by atoms with Crippen LogP contribution in [0.2, 0.25) is 0 Å². The number of alkyl halides is 3. The maximum absolute atomic E-state index is 13.1. The number of ether oxygens (including phenoxy) is 2. The molecule has 1 aliphatic carbocycles. The Morgan fingerprint density at radius 1 is 1.24 bits per heavy atom. The van der Waals surface area contributed by atoms with Crippen LogP contribution in [0.25, 0.3) is 11.2 Å². The lowest BCUT2D eigenvalue weighted by atomic mass is 10.1. The Morgan fingerprint density at radius 2 is 2.03 bits per heavy atom. The van der Waals surface area contributed by atoms with Gasteiger partial charge < -0.3 is 24.7 Å². The summed E-state index contributed by atoms with van der Waals surface area (Å²) in [5.74, 6) is -0.992. The first-order valence-corrected chi connectivity index (χ1v) is 11.0. The SMILES string of the molecule is COCCCNC(=O)c1ccc(Nc2ncc3ncn(C4CCCC4)c3n2)c(OC(F)(F)F)c1. The van der Waals surface area contributed by atoms with Gasteiger partial charge in [0.2, 0.25) is 5.95 Å². The zero-order chi connectivity index (χ0) is 24.1. The van der Waals surface area contributed by atoms with Gasteiger partial charge in [-0.1, -0.05) is 12.8 Å². The van der Waals surface area contributed by atoms with E-state index in [-0.39, 0.29) is 17.2 Å². The average Bonchev–Trinajstić information content (AvgIpc) is 3.46. The summed E-state index contributed by atoms with van der Waals surface area (Å²) in [6, 6.07) is 4.05. The standard InChI is InChI=1S/C22H25F3N6O3/c1-33-10-4-9-26-20(32)14-7-8-16(18(11-14)34-22(23,24)25)29-21-27-12-17-19(30-21)31(13-28-17)15-5-2-3-6-15/h7-8,11-13,15H,2-6,9-10H2,1H3,(H,26,32)(H,27,29,30). The Kier molecular flexibility index (Phi) is 7.15. The Hall–Kier alpha value is -3.41. The molecule has 0 unspecified atom stereocenters. The van der Waals surface area contributed by atoms with E-state index in [1.54, 1.807) is 6.33 Å². The van der Waals surface area contributed by atoms with Gasteiger partial charge in [-0.05, 0) is 37.5 Å². The van der Waals surface area contributed by atoms with Gasteiger partial charge in [0, 0.05) is 31.9 Å². The van der Waals surface area contributed by atoms with E-state index >= 15 is 0 Å². The smallest absolute Gasteiger partial charge is 0.404 e. The van der Waals surface area contributed by atoms with Crippen molar-refractivity contribution in [2.24, 2.45) is 0 Å². The Bertz CT molecular complexity index is 1140. The lowest BCUT2D eigenvalue weighted by molar-refractivity contribution is -0.274. The highest BCUT2D eigenvalue weighted by Gasteiger charge is 2.32. The first-order chi connectivity index (χ1) is 16.3. The molecule has 12 heteroatoms. The summed E-state index contributed by atoms with van der Waals surface area (Å²) in [7, 11) is 1.54. The predicted molar refractivity (Wildman–Crippen MR) is 118 cm³/mol. The van der Waals surface area contributed by atoms with Crippen LogP contribution in [0.1, 0.15) is 48.5 Å². The quantitative estimate of drug-likeness (QED) is 0.441. The van der Waals surface area contributed by atoms with Gasteiger partial charge in [-0.2, -0.15) is 4.98 Å². The van der Waals surface area contributed by atoms with Gasteiger partial charge in [0.15, 0.2) is 11.4 Å². The van der Waals surface area contributed by atoms with E-state index in [1.807, 2.05) is 4.57 Å². The summed E-state index contributed by atoms with van der Waals surface area (Å²) in [6.07, 6.45) is 3.17. The molecule has 182 valence electrons. The minimum absolute atomic E-state index is 0.0258. The molecule has 4 rings (SSSR count). The fraction of sp³-hybridized carbons (Fsp3) is 0.455. The highest BCUT2D eigenvalue weighted by molar-refractivity contribution is 5.95. The summed E-state index contributed by atoms with van der Waals surface area (Å²) in [4.78, 5) is 25.3. The number of hydrogen-bond donors (Lipinski definition) is 2. The number of fused-ring (bicyclic) bond motifs is 1. The maximum Gasteiger partial charge on any atom is 0.573 e. The van der Waals surface area contributed by atoms with Crippen LogP contribution in [0.4, 0.5) is 24.8 Å². The van der Waals surface area contributed by atoms with Crippen molar-refractivity contribution in [3.05, 3.63) is 36.3 Å². The molecule has 0 aliphatic heterocycles. The lowest BCUT2D eigenvalue weighted by Gasteiger charge is -2.16. The number of imidazole rings is 1. The molecule has 1 fully saturated rings. The third kappa shape index (κ3) is 5.74. The molecule has 34 heavy (non-hydrogen) atoms. The number of benzene rings is 1. The first kappa shape index (κ1) is 23.7. The van der Waals surface area contributed by atoms with E-state index in [0.29, 0.717) is 36.8 Å². The number of methoxy groups -OCH3 is 1. The summed E-state index contributed by atoms with van der Waals surface area (Å²) in [5.41, 5.74) is 1.21. The van der Waals surface area contributed by atoms with Gasteiger partial charge >= 0.3 is 6.36 Å². The van der Waals surface area contributed by atoms with Crippen LogP contribution in [0.5, 0.6) is 5.75 Å². The summed E-state index contributed by atoms with van der Waals surface area (Å²) >= 11 is 0. The first-order valence-electron chi connectivity index (χ1n) is 11.0.